The normalized spacial score (nSPS) is 10.6. The number of rotatable bonds is 4. The molecule has 2 aromatic carbocycles. The Kier molecular flexibility index (Phi) is 4.43. The van der Waals surface area contributed by atoms with E-state index in [9.17, 15) is 9.59 Å². The molecule has 0 atom stereocenters. The van der Waals surface area contributed by atoms with Crippen LogP contribution in [0.5, 0.6) is 0 Å². The van der Waals surface area contributed by atoms with Gasteiger partial charge in [-0.05, 0) is 36.8 Å². The van der Waals surface area contributed by atoms with Gasteiger partial charge in [0.15, 0.2) is 0 Å². The summed E-state index contributed by atoms with van der Waals surface area (Å²) in [7, 11) is 1.79. The number of nitrogens with one attached hydrogen (secondary N) is 1. The van der Waals surface area contributed by atoms with Crippen LogP contribution in [0, 0.1) is 6.92 Å². The number of hydrogen-bond acceptors (Lipinski definition) is 3. The quantitative estimate of drug-likeness (QED) is 0.717. The Labute approximate surface area is 145 Å². The number of para-hydroxylation sites is 1. The van der Waals surface area contributed by atoms with Crippen molar-refractivity contribution in [3.63, 3.8) is 0 Å². The Bertz CT molecular complexity index is 954. The fraction of sp³-hybridized carbons (Fsp3) is 0.158. The molecule has 0 spiro atoms. The second-order valence-electron chi connectivity index (χ2n) is 5.90. The lowest BCUT2D eigenvalue weighted by molar-refractivity contribution is -0.115. The van der Waals surface area contributed by atoms with Gasteiger partial charge in [-0.1, -0.05) is 30.3 Å². The smallest absolute Gasteiger partial charge is 0.295 e. The maximum absolute atomic E-state index is 12.8. The predicted molar refractivity (Wildman–Crippen MR) is 98.9 cm³/mol. The van der Waals surface area contributed by atoms with Crippen LogP contribution in [0.3, 0.4) is 0 Å². The summed E-state index contributed by atoms with van der Waals surface area (Å²) >= 11 is 0. The van der Waals surface area contributed by atoms with E-state index in [0.717, 1.165) is 11.3 Å². The molecule has 0 radical (unpaired) electrons. The van der Waals surface area contributed by atoms with Crippen LogP contribution >= 0.6 is 0 Å². The van der Waals surface area contributed by atoms with Crippen LogP contribution in [0.4, 0.5) is 11.4 Å². The molecule has 6 nitrogen and oxygen atoms in total. The molecule has 25 heavy (non-hydrogen) atoms. The monoisotopic (exact) mass is 336 g/mol. The van der Waals surface area contributed by atoms with Gasteiger partial charge >= 0.3 is 0 Å². The van der Waals surface area contributed by atoms with Gasteiger partial charge in [-0.15, -0.1) is 0 Å². The number of amides is 1. The molecule has 0 unspecified atom stereocenters. The number of carbonyl (C=O) groups excluding carboxylic acids is 1. The molecule has 1 aromatic heterocycles. The minimum absolute atomic E-state index is 0.180. The number of carbonyl (C=O) groups is 1. The zero-order valence-electron chi connectivity index (χ0n) is 14.2. The van der Waals surface area contributed by atoms with Crippen molar-refractivity contribution in [2.45, 2.75) is 13.3 Å². The van der Waals surface area contributed by atoms with Crippen LogP contribution in [0.2, 0.25) is 0 Å². The van der Waals surface area contributed by atoms with E-state index >= 15 is 0 Å². The lowest BCUT2D eigenvalue weighted by Gasteiger charge is -2.07. The number of anilines is 2. The summed E-state index contributed by atoms with van der Waals surface area (Å²) < 4.78 is 3.27. The first-order chi connectivity index (χ1) is 12.0. The number of hydrogen-bond donors (Lipinski definition) is 2. The molecule has 0 aliphatic heterocycles. The average molecular weight is 336 g/mol. The van der Waals surface area contributed by atoms with Crippen LogP contribution in [0.25, 0.3) is 5.69 Å². The first-order valence-corrected chi connectivity index (χ1v) is 7.95. The molecule has 0 aliphatic carbocycles. The summed E-state index contributed by atoms with van der Waals surface area (Å²) in [6.07, 6.45) is 0.180. The summed E-state index contributed by atoms with van der Waals surface area (Å²) in [6, 6.07) is 16.4. The van der Waals surface area contributed by atoms with Gasteiger partial charge in [0.05, 0.1) is 17.8 Å². The van der Waals surface area contributed by atoms with Crippen molar-refractivity contribution in [3.05, 3.63) is 76.2 Å². The third-order valence-corrected chi connectivity index (χ3v) is 4.16. The summed E-state index contributed by atoms with van der Waals surface area (Å²) in [5, 5.41) is 2.75. The molecule has 0 fully saturated rings. The minimum Gasteiger partial charge on any atom is -0.399 e. The molecular weight excluding hydrogens is 316 g/mol. The highest BCUT2D eigenvalue weighted by atomic mass is 16.2. The largest absolute Gasteiger partial charge is 0.399 e. The minimum atomic E-state index is -0.253. The molecule has 0 saturated carbocycles. The van der Waals surface area contributed by atoms with Gasteiger partial charge < -0.3 is 11.1 Å². The second-order valence-corrected chi connectivity index (χ2v) is 5.90. The molecule has 3 N–H and O–H groups in total. The van der Waals surface area contributed by atoms with Crippen molar-refractivity contribution in [2.24, 2.45) is 7.05 Å². The van der Waals surface area contributed by atoms with E-state index in [1.54, 1.807) is 42.9 Å². The molecule has 3 rings (SSSR count). The highest BCUT2D eigenvalue weighted by Gasteiger charge is 2.18. The number of nitrogens with zero attached hydrogens (tertiary/aromatic N) is 2. The third-order valence-electron chi connectivity index (χ3n) is 4.16. The average Bonchev–Trinajstić information content (AvgIpc) is 2.81. The van der Waals surface area contributed by atoms with Crippen molar-refractivity contribution >= 4 is 17.3 Å². The standard InChI is InChI=1S/C19H20N4O2/c1-13-18(21-17(24)12-14-8-10-15(20)11-9-14)19(25)23(22(13)2)16-6-4-3-5-7-16/h3-11H,12,20H2,1-2H3,(H,21,24). The van der Waals surface area contributed by atoms with Crippen molar-refractivity contribution < 1.29 is 4.79 Å². The Hall–Kier alpha value is -3.28. The van der Waals surface area contributed by atoms with E-state index in [1.807, 2.05) is 30.3 Å². The molecule has 1 amide bonds. The lowest BCUT2D eigenvalue weighted by Crippen LogP contribution is -2.23. The maximum atomic E-state index is 12.8. The molecule has 0 aliphatic rings. The SMILES string of the molecule is Cc1c(NC(=O)Cc2ccc(N)cc2)c(=O)n(-c2ccccc2)n1C. The van der Waals surface area contributed by atoms with Crippen molar-refractivity contribution in [1.82, 2.24) is 9.36 Å². The zero-order chi connectivity index (χ0) is 18.0. The Morgan fingerprint density at radius 3 is 2.36 bits per heavy atom. The summed E-state index contributed by atoms with van der Waals surface area (Å²) in [5.41, 5.74) is 8.62. The fourth-order valence-electron chi connectivity index (χ4n) is 2.72. The molecule has 128 valence electrons. The lowest BCUT2D eigenvalue weighted by atomic mass is 10.1. The van der Waals surface area contributed by atoms with E-state index in [0.29, 0.717) is 17.1 Å². The van der Waals surface area contributed by atoms with E-state index < -0.39 is 0 Å². The summed E-state index contributed by atoms with van der Waals surface area (Å²) in [4.78, 5) is 25.1. The third kappa shape index (κ3) is 3.33. The Balaban J connectivity index is 1.87. The van der Waals surface area contributed by atoms with Gasteiger partial charge in [0.25, 0.3) is 5.56 Å². The van der Waals surface area contributed by atoms with Gasteiger partial charge in [0.2, 0.25) is 5.91 Å². The van der Waals surface area contributed by atoms with Crippen molar-refractivity contribution in [2.75, 3.05) is 11.1 Å². The van der Waals surface area contributed by atoms with Gasteiger partial charge in [-0.2, -0.15) is 0 Å². The molecule has 0 bridgehead atoms. The highest BCUT2D eigenvalue weighted by Crippen LogP contribution is 2.14. The fourth-order valence-corrected chi connectivity index (χ4v) is 2.72. The number of benzene rings is 2. The first-order valence-electron chi connectivity index (χ1n) is 7.95. The van der Waals surface area contributed by atoms with Crippen molar-refractivity contribution in [1.29, 1.82) is 0 Å². The summed E-state index contributed by atoms with van der Waals surface area (Å²) in [6.45, 7) is 1.81. The zero-order valence-corrected chi connectivity index (χ0v) is 14.2. The van der Waals surface area contributed by atoms with Crippen LogP contribution < -0.4 is 16.6 Å². The highest BCUT2D eigenvalue weighted by molar-refractivity contribution is 5.92. The summed E-state index contributed by atoms with van der Waals surface area (Å²) in [5.74, 6) is -0.240. The van der Waals surface area contributed by atoms with Crippen molar-refractivity contribution in [3.8, 4) is 5.69 Å². The first kappa shape index (κ1) is 16.6. The van der Waals surface area contributed by atoms with Gasteiger partial charge in [0, 0.05) is 12.7 Å². The van der Waals surface area contributed by atoms with Crippen LogP contribution in [0.1, 0.15) is 11.3 Å². The molecule has 6 heteroatoms. The van der Waals surface area contributed by atoms with E-state index in [-0.39, 0.29) is 17.9 Å². The van der Waals surface area contributed by atoms with Gasteiger partial charge in [0.1, 0.15) is 5.69 Å². The van der Waals surface area contributed by atoms with E-state index in [4.69, 9.17) is 5.73 Å². The Morgan fingerprint density at radius 1 is 1.08 bits per heavy atom. The van der Waals surface area contributed by atoms with E-state index in [2.05, 4.69) is 5.32 Å². The van der Waals surface area contributed by atoms with Crippen LogP contribution in [-0.4, -0.2) is 15.3 Å². The van der Waals surface area contributed by atoms with Crippen LogP contribution in [-0.2, 0) is 18.3 Å². The van der Waals surface area contributed by atoms with Gasteiger partial charge in [-0.25, -0.2) is 4.68 Å². The number of nitrogens with two attached hydrogens (primary N) is 1. The van der Waals surface area contributed by atoms with Gasteiger partial charge in [-0.3, -0.25) is 14.3 Å². The molecule has 0 saturated heterocycles. The molecule has 3 aromatic rings. The number of nitrogen functional groups attached to an aromatic ring is 1. The Morgan fingerprint density at radius 2 is 1.72 bits per heavy atom. The topological polar surface area (TPSA) is 82.1 Å². The second kappa shape index (κ2) is 6.68. The molecular formula is C19H20N4O2. The molecule has 1 heterocycles. The van der Waals surface area contributed by atoms with E-state index in [1.165, 1.54) is 4.68 Å². The van der Waals surface area contributed by atoms with Crippen LogP contribution in [0.15, 0.2) is 59.4 Å². The maximum Gasteiger partial charge on any atom is 0.295 e. The predicted octanol–water partition coefficient (Wildman–Crippen LogP) is 2.25. The number of aromatic nitrogens is 2.